The highest BCUT2D eigenvalue weighted by atomic mass is 32.9. The van der Waals surface area contributed by atoms with E-state index in [9.17, 15) is 0 Å². The maximum atomic E-state index is 5.29. The fourth-order valence-corrected chi connectivity index (χ4v) is 7.92. The van der Waals surface area contributed by atoms with E-state index in [2.05, 4.69) is 4.99 Å². The molecule has 0 unspecified atom stereocenters. The van der Waals surface area contributed by atoms with Gasteiger partial charge in [0, 0.05) is 0 Å². The van der Waals surface area contributed by atoms with Crippen LogP contribution in [0.25, 0.3) is 9.40 Å². The molecule has 1 aromatic carbocycles. The van der Waals surface area contributed by atoms with Crippen LogP contribution in [0.5, 0.6) is 5.75 Å². The summed E-state index contributed by atoms with van der Waals surface area (Å²) in [5.41, 5.74) is 0.941. The molecule has 0 aliphatic carbocycles. The molecule has 0 aliphatic heterocycles. The predicted molar refractivity (Wildman–Crippen MR) is 84.5 cm³/mol. The molecule has 2 nitrogen and oxygen atoms in total. The van der Waals surface area contributed by atoms with E-state index in [0.29, 0.717) is 0 Å². The summed E-state index contributed by atoms with van der Waals surface area (Å²) in [4.78, 5) is 4.66. The Kier molecular flexibility index (Phi) is 3.58. The molecule has 0 spiro atoms. The minimum Gasteiger partial charge on any atom is -0.497 e. The molecule has 3 rings (SSSR count). The van der Waals surface area contributed by atoms with Crippen LogP contribution in [-0.4, -0.2) is 7.11 Å². The molecule has 0 saturated carbocycles. The van der Waals surface area contributed by atoms with Gasteiger partial charge in [-0.1, -0.05) is 53.6 Å². The van der Waals surface area contributed by atoms with E-state index in [0.717, 1.165) is 19.9 Å². The van der Waals surface area contributed by atoms with Crippen molar-refractivity contribution in [3.8, 4) is 5.75 Å². The maximum Gasteiger partial charge on any atom is 0.146 e. The number of ether oxygens (including phenoxy) is 1. The van der Waals surface area contributed by atoms with Crippen LogP contribution >= 0.6 is 53.6 Å². The van der Waals surface area contributed by atoms with Gasteiger partial charge in [0.15, 0.2) is 0 Å². The van der Waals surface area contributed by atoms with E-state index in [4.69, 9.17) is 17.0 Å². The third kappa shape index (κ3) is 2.28. The first-order valence-electron chi connectivity index (χ1n) is 4.98. The molecule has 92 valence electrons. The van der Waals surface area contributed by atoms with E-state index in [1.54, 1.807) is 48.5 Å². The first kappa shape index (κ1) is 12.4. The lowest BCUT2D eigenvalue weighted by Crippen LogP contribution is -1.89. The third-order valence-corrected chi connectivity index (χ3v) is 8.17. The summed E-state index contributed by atoms with van der Waals surface area (Å²) in [6.07, 6.45) is 0. The third-order valence-electron chi connectivity index (χ3n) is 2.29. The summed E-state index contributed by atoms with van der Waals surface area (Å²) >= 11 is 5.29. The molecule has 7 heteroatoms. The van der Waals surface area contributed by atoms with Crippen LogP contribution in [0.1, 0.15) is 0 Å². The molecule has 0 saturated heterocycles. The lowest BCUT2D eigenvalue weighted by atomic mass is 10.3. The Bertz CT molecular complexity index is 789. The van der Waals surface area contributed by atoms with Crippen molar-refractivity contribution < 1.29 is 4.74 Å². The SMILES string of the molecule is COc1ccc(N=c2ssc3c(=S)ssc23)cc1. The summed E-state index contributed by atoms with van der Waals surface area (Å²) in [6, 6.07) is 7.76. The Morgan fingerprint density at radius 1 is 1.00 bits per heavy atom. The van der Waals surface area contributed by atoms with Crippen LogP contribution in [0.2, 0.25) is 0 Å². The van der Waals surface area contributed by atoms with Crippen molar-refractivity contribution in [2.75, 3.05) is 7.11 Å². The topological polar surface area (TPSA) is 21.6 Å². The van der Waals surface area contributed by atoms with Crippen molar-refractivity contribution in [1.29, 1.82) is 0 Å². The van der Waals surface area contributed by atoms with Crippen LogP contribution in [0.4, 0.5) is 5.69 Å². The highest BCUT2D eigenvalue weighted by Gasteiger charge is 2.05. The van der Waals surface area contributed by atoms with Crippen LogP contribution in [-0.2, 0) is 0 Å². The van der Waals surface area contributed by atoms with Gasteiger partial charge in [-0.25, -0.2) is 4.99 Å². The van der Waals surface area contributed by atoms with Gasteiger partial charge in [0.05, 0.1) is 22.2 Å². The number of hydrogen-bond acceptors (Lipinski definition) is 7. The Hall–Kier alpha value is -0.600. The summed E-state index contributed by atoms with van der Waals surface area (Å²) in [5.74, 6) is 0.847. The van der Waals surface area contributed by atoms with Crippen molar-refractivity contribution in [3.63, 3.8) is 0 Å². The van der Waals surface area contributed by atoms with Crippen molar-refractivity contribution in [3.05, 3.63) is 32.8 Å². The predicted octanol–water partition coefficient (Wildman–Crippen LogP) is 5.06. The van der Waals surface area contributed by atoms with Gasteiger partial charge in [-0.3, -0.25) is 0 Å². The van der Waals surface area contributed by atoms with E-state index in [1.807, 2.05) is 24.3 Å². The summed E-state index contributed by atoms with van der Waals surface area (Å²) in [5, 5.41) is 0. The second-order valence-electron chi connectivity index (χ2n) is 3.39. The number of benzene rings is 1. The molecular formula is C11H7NOS5. The van der Waals surface area contributed by atoms with Crippen LogP contribution in [0.3, 0.4) is 0 Å². The van der Waals surface area contributed by atoms with Crippen molar-refractivity contribution in [1.82, 2.24) is 0 Å². The highest BCUT2D eigenvalue weighted by molar-refractivity contribution is 7.84. The number of hydrogen-bond donors (Lipinski definition) is 0. The van der Waals surface area contributed by atoms with E-state index >= 15 is 0 Å². The summed E-state index contributed by atoms with van der Waals surface area (Å²) in [6.45, 7) is 0. The van der Waals surface area contributed by atoms with Crippen molar-refractivity contribution in [2.45, 2.75) is 0 Å². The number of rotatable bonds is 2. The molecule has 0 amide bonds. The van der Waals surface area contributed by atoms with Crippen molar-refractivity contribution in [2.24, 2.45) is 4.99 Å². The number of methoxy groups -OCH3 is 1. The molecule has 0 bridgehead atoms. The minimum absolute atomic E-state index is 0.847. The normalized spacial score (nSPS) is 12.2. The fourth-order valence-electron chi connectivity index (χ4n) is 1.41. The molecule has 0 fully saturated rings. The van der Waals surface area contributed by atoms with Gasteiger partial charge >= 0.3 is 0 Å². The Labute approximate surface area is 123 Å². The van der Waals surface area contributed by atoms with Gasteiger partial charge in [0.25, 0.3) is 0 Å². The van der Waals surface area contributed by atoms with E-state index < -0.39 is 0 Å². The molecule has 0 radical (unpaired) electrons. The zero-order chi connectivity index (χ0) is 12.5. The maximum absolute atomic E-state index is 5.29. The zero-order valence-electron chi connectivity index (χ0n) is 9.21. The number of fused-ring (bicyclic) bond motifs is 1. The van der Waals surface area contributed by atoms with E-state index in [1.165, 1.54) is 9.40 Å². The fraction of sp³-hybridized carbons (Fsp3) is 0.0909. The van der Waals surface area contributed by atoms with Crippen LogP contribution in [0, 0.1) is 3.82 Å². The van der Waals surface area contributed by atoms with Gasteiger partial charge in [-0.15, -0.1) is 0 Å². The van der Waals surface area contributed by atoms with Gasteiger partial charge in [0.2, 0.25) is 0 Å². The second-order valence-corrected chi connectivity index (χ2v) is 8.34. The first-order valence-corrected chi connectivity index (χ1v) is 9.69. The van der Waals surface area contributed by atoms with Crippen LogP contribution in [0.15, 0.2) is 29.3 Å². The lowest BCUT2D eigenvalue weighted by molar-refractivity contribution is 0.415. The van der Waals surface area contributed by atoms with Gasteiger partial charge < -0.3 is 4.74 Å². The smallest absolute Gasteiger partial charge is 0.146 e. The second kappa shape index (κ2) is 5.18. The molecule has 2 heterocycles. The van der Waals surface area contributed by atoms with Gasteiger partial charge in [-0.05, 0) is 24.3 Å². The Balaban J connectivity index is 2.12. The minimum atomic E-state index is 0.847. The molecular weight excluding hydrogens is 322 g/mol. The standard InChI is InChI=1S/C11H7NOS5/c1-13-7-4-2-6(3-5-7)12-10-8-9(16-17-10)11(14)18-15-8/h2-5H,1H3. The molecule has 3 aromatic rings. The molecule has 0 atom stereocenters. The average molecular weight is 330 g/mol. The average Bonchev–Trinajstić information content (AvgIpc) is 2.95. The molecule has 0 N–H and O–H groups in total. The van der Waals surface area contributed by atoms with Gasteiger partial charge in [0.1, 0.15) is 14.2 Å². The van der Waals surface area contributed by atoms with Crippen molar-refractivity contribution >= 4 is 68.7 Å². The largest absolute Gasteiger partial charge is 0.497 e. The monoisotopic (exact) mass is 329 g/mol. The van der Waals surface area contributed by atoms with E-state index in [-0.39, 0.29) is 0 Å². The Morgan fingerprint density at radius 2 is 1.72 bits per heavy atom. The quantitative estimate of drug-likeness (QED) is 0.484. The zero-order valence-corrected chi connectivity index (χ0v) is 13.3. The molecule has 18 heavy (non-hydrogen) atoms. The summed E-state index contributed by atoms with van der Waals surface area (Å²) < 4.78 is 9.59. The molecule has 2 aromatic heterocycles. The highest BCUT2D eigenvalue weighted by Crippen LogP contribution is 2.31. The Morgan fingerprint density at radius 3 is 2.44 bits per heavy atom. The summed E-state index contributed by atoms with van der Waals surface area (Å²) in [7, 11) is 8.42. The van der Waals surface area contributed by atoms with Gasteiger partial charge in [-0.2, -0.15) is 0 Å². The lowest BCUT2D eigenvalue weighted by Gasteiger charge is -1.97. The molecule has 0 aliphatic rings. The first-order chi connectivity index (χ1) is 8.78. The van der Waals surface area contributed by atoms with Crippen LogP contribution < -0.4 is 9.41 Å². The number of nitrogens with zero attached hydrogens (tertiary/aromatic N) is 1.